The van der Waals surface area contributed by atoms with Gasteiger partial charge >= 0.3 is 0 Å². The average molecular weight is 299 g/mol. The van der Waals surface area contributed by atoms with Crippen LogP contribution in [0.25, 0.3) is 0 Å². The van der Waals surface area contributed by atoms with Crippen molar-refractivity contribution in [2.45, 2.75) is 53.0 Å². The van der Waals surface area contributed by atoms with Crippen molar-refractivity contribution in [1.82, 2.24) is 19.7 Å². The second-order valence-electron chi connectivity index (χ2n) is 6.20. The Morgan fingerprint density at radius 3 is 2.64 bits per heavy atom. The summed E-state index contributed by atoms with van der Waals surface area (Å²) in [6.07, 6.45) is 3.24. The largest absolute Gasteiger partial charge is 0.349 e. The van der Waals surface area contributed by atoms with Gasteiger partial charge in [0, 0.05) is 43.0 Å². The first-order chi connectivity index (χ1) is 10.5. The summed E-state index contributed by atoms with van der Waals surface area (Å²) in [7, 11) is 2.02. The summed E-state index contributed by atoms with van der Waals surface area (Å²) in [4.78, 5) is 11.7. The summed E-state index contributed by atoms with van der Waals surface area (Å²) in [5.41, 5.74) is 4.82. The van der Waals surface area contributed by atoms with E-state index in [9.17, 15) is 0 Å². The van der Waals surface area contributed by atoms with Crippen LogP contribution in [0.1, 0.15) is 54.3 Å². The van der Waals surface area contributed by atoms with Gasteiger partial charge in [-0.05, 0) is 33.6 Å². The van der Waals surface area contributed by atoms with Crippen molar-refractivity contribution in [2.75, 3.05) is 11.4 Å². The van der Waals surface area contributed by atoms with Gasteiger partial charge in [0.05, 0.1) is 11.7 Å². The van der Waals surface area contributed by atoms with Gasteiger partial charge in [0.25, 0.3) is 0 Å². The highest BCUT2D eigenvalue weighted by molar-refractivity contribution is 5.46. The van der Waals surface area contributed by atoms with Crippen molar-refractivity contribution in [2.24, 2.45) is 7.05 Å². The Morgan fingerprint density at radius 2 is 2.00 bits per heavy atom. The predicted octanol–water partition coefficient (Wildman–Crippen LogP) is 3.04. The molecule has 5 nitrogen and oxygen atoms in total. The van der Waals surface area contributed by atoms with E-state index in [0.717, 1.165) is 42.4 Å². The van der Waals surface area contributed by atoms with E-state index >= 15 is 0 Å². The average Bonchev–Trinajstić information content (AvgIpc) is 3.04. The minimum atomic E-state index is 0.382. The molecule has 118 valence electrons. The molecule has 5 heteroatoms. The Hall–Kier alpha value is -1.91. The maximum Gasteiger partial charge on any atom is 0.133 e. The molecule has 0 aliphatic carbocycles. The lowest BCUT2D eigenvalue weighted by molar-refractivity contribution is 0.689. The van der Waals surface area contributed by atoms with E-state index < -0.39 is 0 Å². The van der Waals surface area contributed by atoms with Gasteiger partial charge in [-0.1, -0.05) is 6.92 Å². The maximum atomic E-state index is 4.76. The fraction of sp³-hybridized carbons (Fsp3) is 0.588. The lowest BCUT2D eigenvalue weighted by Gasteiger charge is -2.27. The number of hydrogen-bond acceptors (Lipinski definition) is 4. The Morgan fingerprint density at radius 1 is 1.23 bits per heavy atom. The Bertz CT molecular complexity index is 689. The van der Waals surface area contributed by atoms with Crippen molar-refractivity contribution < 1.29 is 0 Å². The molecule has 0 unspecified atom stereocenters. The van der Waals surface area contributed by atoms with Gasteiger partial charge in [-0.25, -0.2) is 9.97 Å². The number of aryl methyl sites for hydroxylation is 4. The highest BCUT2D eigenvalue weighted by atomic mass is 15.3. The summed E-state index contributed by atoms with van der Waals surface area (Å²) >= 11 is 0. The molecule has 3 rings (SSSR count). The van der Waals surface area contributed by atoms with Crippen LogP contribution >= 0.6 is 0 Å². The van der Waals surface area contributed by atoms with E-state index in [2.05, 4.69) is 48.7 Å². The Labute approximate surface area is 132 Å². The topological polar surface area (TPSA) is 46.8 Å². The quantitative estimate of drug-likeness (QED) is 0.874. The zero-order valence-corrected chi connectivity index (χ0v) is 14.2. The lowest BCUT2D eigenvalue weighted by Crippen LogP contribution is -2.25. The summed E-state index contributed by atoms with van der Waals surface area (Å²) in [6.45, 7) is 9.49. The fourth-order valence-corrected chi connectivity index (χ4v) is 3.53. The van der Waals surface area contributed by atoms with Crippen molar-refractivity contribution in [3.05, 3.63) is 34.5 Å². The first-order valence-electron chi connectivity index (χ1n) is 8.12. The molecule has 0 radical (unpaired) electrons. The molecule has 1 aliphatic rings. The van der Waals surface area contributed by atoms with Crippen molar-refractivity contribution in [3.8, 4) is 0 Å². The van der Waals surface area contributed by atoms with Gasteiger partial charge < -0.3 is 4.90 Å². The zero-order valence-electron chi connectivity index (χ0n) is 14.2. The highest BCUT2D eigenvalue weighted by Crippen LogP contribution is 2.38. The molecule has 22 heavy (non-hydrogen) atoms. The minimum Gasteiger partial charge on any atom is -0.349 e. The molecule has 1 fully saturated rings. The third-order valence-corrected chi connectivity index (χ3v) is 4.65. The van der Waals surface area contributed by atoms with Crippen LogP contribution < -0.4 is 4.90 Å². The third-order valence-electron chi connectivity index (χ3n) is 4.65. The first-order valence-corrected chi connectivity index (χ1v) is 8.12. The van der Waals surface area contributed by atoms with Crippen LogP contribution in [0.5, 0.6) is 0 Å². The van der Waals surface area contributed by atoms with Gasteiger partial charge in [0.15, 0.2) is 0 Å². The van der Waals surface area contributed by atoms with Gasteiger partial charge in [0.2, 0.25) is 0 Å². The highest BCUT2D eigenvalue weighted by Gasteiger charge is 2.31. The maximum absolute atomic E-state index is 4.76. The molecule has 0 spiro atoms. The molecule has 2 aromatic rings. The predicted molar refractivity (Wildman–Crippen MR) is 88.2 cm³/mol. The van der Waals surface area contributed by atoms with Crippen molar-refractivity contribution in [1.29, 1.82) is 0 Å². The van der Waals surface area contributed by atoms with Crippen LogP contribution in [-0.4, -0.2) is 26.3 Å². The molecule has 0 amide bonds. The standard InChI is InChI=1S/C17H25N5/c1-6-15-18-11(2)10-16(19-15)22-9-7-8-14(22)17-12(3)20-21(5)13(17)4/h10,14H,6-9H2,1-5H3/t14-/m1/s1. The summed E-state index contributed by atoms with van der Waals surface area (Å²) in [5.74, 6) is 2.00. The third kappa shape index (κ3) is 2.49. The van der Waals surface area contributed by atoms with Crippen LogP contribution in [-0.2, 0) is 13.5 Å². The number of hydrogen-bond donors (Lipinski definition) is 0. The molecule has 0 saturated carbocycles. The van der Waals surface area contributed by atoms with Crippen LogP contribution in [0.15, 0.2) is 6.07 Å². The van der Waals surface area contributed by atoms with E-state index in [4.69, 9.17) is 4.98 Å². The molecule has 0 bridgehead atoms. The zero-order chi connectivity index (χ0) is 15.9. The molecule has 1 atom stereocenters. The van der Waals surface area contributed by atoms with Gasteiger partial charge in [0.1, 0.15) is 11.6 Å². The minimum absolute atomic E-state index is 0.382. The number of aromatic nitrogens is 4. The van der Waals surface area contributed by atoms with E-state index in [1.165, 1.54) is 17.7 Å². The molecule has 0 N–H and O–H groups in total. The summed E-state index contributed by atoms with van der Waals surface area (Å²) in [5, 5.41) is 4.59. The number of nitrogens with zero attached hydrogens (tertiary/aromatic N) is 5. The van der Waals surface area contributed by atoms with Crippen molar-refractivity contribution in [3.63, 3.8) is 0 Å². The smallest absolute Gasteiger partial charge is 0.133 e. The fourth-order valence-electron chi connectivity index (χ4n) is 3.53. The van der Waals surface area contributed by atoms with Crippen LogP contribution in [0.3, 0.4) is 0 Å². The van der Waals surface area contributed by atoms with Gasteiger partial charge in [-0.3, -0.25) is 4.68 Å². The molecular weight excluding hydrogens is 274 g/mol. The number of anilines is 1. The molecule has 1 saturated heterocycles. The first kappa shape index (κ1) is 15.0. The lowest BCUT2D eigenvalue weighted by atomic mass is 10.0. The second-order valence-corrected chi connectivity index (χ2v) is 6.20. The van der Waals surface area contributed by atoms with Crippen LogP contribution in [0, 0.1) is 20.8 Å². The molecule has 3 heterocycles. The molecule has 0 aromatic carbocycles. The van der Waals surface area contributed by atoms with Crippen LogP contribution in [0.4, 0.5) is 5.82 Å². The van der Waals surface area contributed by atoms with E-state index in [-0.39, 0.29) is 0 Å². The SMILES string of the molecule is CCc1nc(C)cc(N2CCC[C@@H]2c2c(C)nn(C)c2C)n1. The van der Waals surface area contributed by atoms with Gasteiger partial charge in [-0.15, -0.1) is 0 Å². The monoisotopic (exact) mass is 299 g/mol. The number of rotatable bonds is 3. The molecular formula is C17H25N5. The van der Waals surface area contributed by atoms with E-state index in [1.54, 1.807) is 0 Å². The second kappa shape index (κ2) is 5.71. The summed E-state index contributed by atoms with van der Waals surface area (Å²) < 4.78 is 1.99. The Kier molecular flexibility index (Phi) is 3.89. The normalized spacial score (nSPS) is 18.2. The summed E-state index contributed by atoms with van der Waals surface area (Å²) in [6, 6.07) is 2.49. The van der Waals surface area contributed by atoms with Crippen LogP contribution in [0.2, 0.25) is 0 Å². The van der Waals surface area contributed by atoms with Gasteiger partial charge in [-0.2, -0.15) is 5.10 Å². The molecule has 1 aliphatic heterocycles. The van der Waals surface area contributed by atoms with E-state index in [0.29, 0.717) is 6.04 Å². The van der Waals surface area contributed by atoms with E-state index in [1.807, 2.05) is 11.7 Å². The Balaban J connectivity index is 2.02. The molecule has 2 aromatic heterocycles. The van der Waals surface area contributed by atoms with Crippen molar-refractivity contribution >= 4 is 5.82 Å².